The van der Waals surface area contributed by atoms with E-state index in [1.54, 1.807) is 0 Å². The molecule has 374 valence electrons. The number of amides is 1. The van der Waals surface area contributed by atoms with Crippen molar-refractivity contribution in [1.82, 2.24) is 5.32 Å². The van der Waals surface area contributed by atoms with Crippen LogP contribution in [0.15, 0.2) is 12.2 Å². The molecule has 0 saturated carbocycles. The molecule has 9 heteroatoms. The van der Waals surface area contributed by atoms with Crippen LogP contribution in [-0.2, 0) is 14.3 Å². The van der Waals surface area contributed by atoms with E-state index in [4.69, 9.17) is 9.47 Å². The third-order valence-electron chi connectivity index (χ3n) is 13.4. The Labute approximate surface area is 388 Å². The van der Waals surface area contributed by atoms with Crippen LogP contribution in [0.1, 0.15) is 271 Å². The summed E-state index contributed by atoms with van der Waals surface area (Å²) in [6.07, 6.45) is 46.5. The lowest BCUT2D eigenvalue weighted by Gasteiger charge is -2.40. The molecule has 0 aromatic heterocycles. The van der Waals surface area contributed by atoms with Gasteiger partial charge in [0.15, 0.2) is 6.29 Å². The van der Waals surface area contributed by atoms with Gasteiger partial charge in [0, 0.05) is 6.42 Å². The van der Waals surface area contributed by atoms with Gasteiger partial charge < -0.3 is 40.3 Å². The van der Waals surface area contributed by atoms with Crippen LogP contribution in [0.5, 0.6) is 0 Å². The van der Waals surface area contributed by atoms with Crippen molar-refractivity contribution >= 4 is 5.91 Å². The van der Waals surface area contributed by atoms with Crippen LogP contribution in [0.2, 0.25) is 0 Å². The number of aliphatic hydroxyl groups is 5. The first-order chi connectivity index (χ1) is 30.8. The van der Waals surface area contributed by atoms with Gasteiger partial charge in [-0.25, -0.2) is 0 Å². The van der Waals surface area contributed by atoms with Gasteiger partial charge in [-0.2, -0.15) is 0 Å². The topological polar surface area (TPSA) is 149 Å². The first kappa shape index (κ1) is 59.9. The van der Waals surface area contributed by atoms with E-state index >= 15 is 0 Å². The molecule has 1 heterocycles. The van der Waals surface area contributed by atoms with Crippen molar-refractivity contribution in [3.8, 4) is 0 Å². The molecule has 1 amide bonds. The number of carbonyl (C=O) groups is 1. The van der Waals surface area contributed by atoms with Crippen LogP contribution in [0, 0.1) is 0 Å². The number of hydrogen-bond acceptors (Lipinski definition) is 8. The highest BCUT2D eigenvalue weighted by molar-refractivity contribution is 5.76. The predicted molar refractivity (Wildman–Crippen MR) is 263 cm³/mol. The van der Waals surface area contributed by atoms with Crippen LogP contribution in [-0.4, -0.2) is 87.5 Å². The van der Waals surface area contributed by atoms with Crippen LogP contribution in [0.3, 0.4) is 0 Å². The molecule has 0 bridgehead atoms. The zero-order valence-corrected chi connectivity index (χ0v) is 41.4. The summed E-state index contributed by atoms with van der Waals surface area (Å²) in [6.45, 7) is 3.87. The lowest BCUT2D eigenvalue weighted by Crippen LogP contribution is -2.60. The molecule has 7 unspecified atom stereocenters. The summed E-state index contributed by atoms with van der Waals surface area (Å²) in [5.41, 5.74) is 0. The highest BCUT2D eigenvalue weighted by Crippen LogP contribution is 2.23. The summed E-state index contributed by atoms with van der Waals surface area (Å²) in [6, 6.07) is -0.716. The molecule has 0 spiro atoms. The molecule has 63 heavy (non-hydrogen) atoms. The maximum atomic E-state index is 13.0. The largest absolute Gasteiger partial charge is 0.394 e. The molecule has 0 aliphatic carbocycles. The van der Waals surface area contributed by atoms with E-state index in [0.717, 1.165) is 38.5 Å². The Morgan fingerprint density at radius 2 is 0.889 bits per heavy atom. The maximum Gasteiger partial charge on any atom is 0.220 e. The fraction of sp³-hybridized carbons (Fsp3) is 0.944. The standard InChI is InChI=1S/C54H105NO8/c1-3-5-7-9-11-13-15-17-19-21-22-23-24-25-26-28-30-32-34-36-38-40-42-44-50(58)55-47(46-62-54-53(61)52(60)51(59)49(45-56)63-54)48(57)43-41-39-37-35-33-31-29-27-20-18-16-14-12-10-8-6-4-2/h21-22,47-49,51-54,56-57,59-61H,3-20,23-46H2,1-2H3,(H,55,58)/b22-21-. The van der Waals surface area contributed by atoms with Crippen molar-refractivity contribution < 1.29 is 39.8 Å². The molecule has 1 rings (SSSR count). The second-order valence-electron chi connectivity index (χ2n) is 19.4. The van der Waals surface area contributed by atoms with Gasteiger partial charge in [-0.05, 0) is 38.5 Å². The van der Waals surface area contributed by atoms with Crippen LogP contribution in [0.25, 0.3) is 0 Å². The minimum atomic E-state index is -1.55. The van der Waals surface area contributed by atoms with Crippen LogP contribution >= 0.6 is 0 Å². The van der Waals surface area contributed by atoms with Gasteiger partial charge in [0.25, 0.3) is 0 Å². The first-order valence-corrected chi connectivity index (χ1v) is 27.4. The lowest BCUT2D eigenvalue weighted by atomic mass is 9.99. The van der Waals surface area contributed by atoms with Crippen molar-refractivity contribution in [3.63, 3.8) is 0 Å². The Morgan fingerprint density at radius 1 is 0.524 bits per heavy atom. The Morgan fingerprint density at radius 3 is 1.29 bits per heavy atom. The molecule has 9 nitrogen and oxygen atoms in total. The van der Waals surface area contributed by atoms with Gasteiger partial charge in [-0.15, -0.1) is 0 Å². The van der Waals surface area contributed by atoms with Crippen molar-refractivity contribution in [2.75, 3.05) is 13.2 Å². The monoisotopic (exact) mass is 896 g/mol. The maximum absolute atomic E-state index is 13.0. The number of carbonyl (C=O) groups excluding carboxylic acids is 1. The third-order valence-corrected chi connectivity index (χ3v) is 13.4. The first-order valence-electron chi connectivity index (χ1n) is 27.4. The second kappa shape index (κ2) is 44.7. The summed E-state index contributed by atoms with van der Waals surface area (Å²) in [5, 5.41) is 54.6. The molecule has 1 aliphatic rings. The number of hydrogen-bond donors (Lipinski definition) is 6. The summed E-state index contributed by atoms with van der Waals surface area (Å²) >= 11 is 0. The van der Waals surface area contributed by atoms with Gasteiger partial charge >= 0.3 is 0 Å². The predicted octanol–water partition coefficient (Wildman–Crippen LogP) is 12.8. The highest BCUT2D eigenvalue weighted by Gasteiger charge is 2.44. The van der Waals surface area contributed by atoms with Crippen LogP contribution < -0.4 is 5.32 Å². The van der Waals surface area contributed by atoms with Crippen molar-refractivity contribution in [1.29, 1.82) is 0 Å². The Bertz CT molecular complexity index is 997. The van der Waals surface area contributed by atoms with E-state index < -0.39 is 49.5 Å². The molecule has 0 radical (unpaired) electrons. The zero-order chi connectivity index (χ0) is 45.9. The highest BCUT2D eigenvalue weighted by atomic mass is 16.7. The minimum Gasteiger partial charge on any atom is -0.394 e. The average molecular weight is 896 g/mol. The summed E-state index contributed by atoms with van der Waals surface area (Å²) < 4.78 is 11.3. The third kappa shape index (κ3) is 34.8. The van der Waals surface area contributed by atoms with Gasteiger partial charge in [-0.1, -0.05) is 238 Å². The van der Waals surface area contributed by atoms with Crippen molar-refractivity contribution in [3.05, 3.63) is 12.2 Å². The second-order valence-corrected chi connectivity index (χ2v) is 19.4. The normalized spacial score (nSPS) is 20.1. The van der Waals surface area contributed by atoms with E-state index in [0.29, 0.717) is 12.8 Å². The number of ether oxygens (including phenoxy) is 2. The summed E-state index contributed by atoms with van der Waals surface area (Å²) in [4.78, 5) is 13.0. The molecular formula is C54H105NO8. The molecular weight excluding hydrogens is 791 g/mol. The summed E-state index contributed by atoms with van der Waals surface area (Å²) in [7, 11) is 0. The Kier molecular flexibility index (Phi) is 42.6. The van der Waals surface area contributed by atoms with Gasteiger partial charge in [-0.3, -0.25) is 4.79 Å². The molecule has 6 N–H and O–H groups in total. The van der Waals surface area contributed by atoms with Crippen molar-refractivity contribution in [2.45, 2.75) is 314 Å². The number of aliphatic hydroxyl groups excluding tert-OH is 5. The van der Waals surface area contributed by atoms with Gasteiger partial charge in [0.2, 0.25) is 5.91 Å². The fourth-order valence-electron chi connectivity index (χ4n) is 8.98. The Hall–Kier alpha value is -1.07. The minimum absolute atomic E-state index is 0.134. The average Bonchev–Trinajstić information content (AvgIpc) is 3.28. The van der Waals surface area contributed by atoms with Crippen LogP contribution in [0.4, 0.5) is 0 Å². The quantitative estimate of drug-likeness (QED) is 0.0261. The smallest absolute Gasteiger partial charge is 0.220 e. The van der Waals surface area contributed by atoms with E-state index in [-0.39, 0.29) is 12.5 Å². The lowest BCUT2D eigenvalue weighted by molar-refractivity contribution is -0.302. The Balaban J connectivity index is 2.22. The fourth-order valence-corrected chi connectivity index (χ4v) is 8.98. The summed E-state index contributed by atoms with van der Waals surface area (Å²) in [5.74, 6) is -0.141. The van der Waals surface area contributed by atoms with Gasteiger partial charge in [0.05, 0.1) is 25.4 Å². The zero-order valence-electron chi connectivity index (χ0n) is 41.4. The number of nitrogens with one attached hydrogen (secondary N) is 1. The van der Waals surface area contributed by atoms with Crippen molar-refractivity contribution in [2.24, 2.45) is 0 Å². The van der Waals surface area contributed by atoms with E-state index in [1.165, 1.54) is 205 Å². The number of unbranched alkanes of at least 4 members (excludes halogenated alkanes) is 35. The SMILES string of the molecule is CCCCCCCCCC/C=C\CCCCCCCCCCCCCC(=O)NC(COC1OC(CO)C(O)C(O)C1O)C(O)CCCCCCCCCCCCCCCCCCC. The molecule has 1 saturated heterocycles. The molecule has 1 aliphatic heterocycles. The van der Waals surface area contributed by atoms with Gasteiger partial charge in [0.1, 0.15) is 24.4 Å². The molecule has 0 aromatic carbocycles. The number of allylic oxidation sites excluding steroid dienone is 2. The molecule has 0 aromatic rings. The number of rotatable bonds is 47. The van der Waals surface area contributed by atoms with E-state index in [2.05, 4.69) is 31.3 Å². The van der Waals surface area contributed by atoms with E-state index in [1.807, 2.05) is 0 Å². The molecule has 7 atom stereocenters. The molecule has 1 fully saturated rings. The van der Waals surface area contributed by atoms with E-state index in [9.17, 15) is 30.3 Å².